The van der Waals surface area contributed by atoms with Gasteiger partial charge in [0.25, 0.3) is 0 Å². The molecule has 0 radical (unpaired) electrons. The Morgan fingerprint density at radius 3 is 2.93 bits per heavy atom. The van der Waals surface area contributed by atoms with Crippen molar-refractivity contribution in [1.29, 1.82) is 0 Å². The molecule has 0 atom stereocenters. The molecule has 15 heavy (non-hydrogen) atoms. The Hall–Kier alpha value is -1.00. The van der Waals surface area contributed by atoms with Gasteiger partial charge in [0, 0.05) is 6.20 Å². The maximum atomic E-state index is 5.66. The zero-order valence-corrected chi connectivity index (χ0v) is 10.0. The quantitative estimate of drug-likeness (QED) is 0.875. The number of nitrogens with one attached hydrogen (secondary N) is 1. The fourth-order valence-electron chi connectivity index (χ4n) is 1.15. The maximum Gasteiger partial charge on any atom is 0.193 e. The van der Waals surface area contributed by atoms with Crippen LogP contribution in [0.25, 0.3) is 0 Å². The third kappa shape index (κ3) is 2.73. The van der Waals surface area contributed by atoms with Crippen molar-refractivity contribution in [3.05, 3.63) is 46.0 Å². The van der Waals surface area contributed by atoms with E-state index in [0.717, 1.165) is 16.1 Å². The van der Waals surface area contributed by atoms with Crippen LogP contribution < -0.4 is 5.32 Å². The number of pyridine rings is 1. The zero-order valence-electron chi connectivity index (χ0n) is 7.71. The molecular formula is C10H8BrClN2O. The summed E-state index contributed by atoms with van der Waals surface area (Å²) < 4.78 is 5.99. The van der Waals surface area contributed by atoms with Gasteiger partial charge in [0.15, 0.2) is 5.22 Å². The van der Waals surface area contributed by atoms with E-state index in [2.05, 4.69) is 26.2 Å². The Kier molecular flexibility index (Phi) is 3.28. The van der Waals surface area contributed by atoms with E-state index < -0.39 is 0 Å². The molecule has 5 heteroatoms. The first-order valence-electron chi connectivity index (χ1n) is 4.34. The first kappa shape index (κ1) is 10.5. The molecule has 0 unspecified atom stereocenters. The lowest BCUT2D eigenvalue weighted by Crippen LogP contribution is -1.99. The lowest BCUT2D eigenvalue weighted by Gasteiger charge is -2.05. The van der Waals surface area contributed by atoms with E-state index in [-0.39, 0.29) is 0 Å². The van der Waals surface area contributed by atoms with Gasteiger partial charge in [-0.2, -0.15) is 0 Å². The number of nitrogens with zero attached hydrogens (tertiary/aromatic N) is 1. The molecular weight excluding hydrogens is 279 g/mol. The standard InChI is InChI=1S/C10H8BrClN2O/c11-10-8(2-1-5-13-10)14-6-7-3-4-9(12)15-7/h1-5,14H,6H2. The summed E-state index contributed by atoms with van der Waals surface area (Å²) in [5.74, 6) is 0.788. The van der Waals surface area contributed by atoms with Gasteiger partial charge in [-0.1, -0.05) is 0 Å². The summed E-state index contributed by atoms with van der Waals surface area (Å²) in [5.41, 5.74) is 0.921. The van der Waals surface area contributed by atoms with E-state index in [1.807, 2.05) is 18.2 Å². The summed E-state index contributed by atoms with van der Waals surface area (Å²) in [6, 6.07) is 7.35. The second-order valence-electron chi connectivity index (χ2n) is 2.90. The summed E-state index contributed by atoms with van der Waals surface area (Å²) in [5, 5.41) is 3.58. The van der Waals surface area contributed by atoms with E-state index in [4.69, 9.17) is 16.0 Å². The maximum absolute atomic E-state index is 5.66. The summed E-state index contributed by atoms with van der Waals surface area (Å²) in [6.07, 6.45) is 1.72. The molecule has 2 aromatic rings. The van der Waals surface area contributed by atoms with Crippen molar-refractivity contribution in [3.63, 3.8) is 0 Å². The lowest BCUT2D eigenvalue weighted by molar-refractivity contribution is 0.520. The van der Waals surface area contributed by atoms with E-state index in [9.17, 15) is 0 Å². The Balaban J connectivity index is 2.02. The van der Waals surface area contributed by atoms with Crippen molar-refractivity contribution in [2.45, 2.75) is 6.54 Å². The molecule has 78 valence electrons. The fourth-order valence-corrected chi connectivity index (χ4v) is 1.70. The lowest BCUT2D eigenvalue weighted by atomic mass is 10.4. The third-order valence-electron chi connectivity index (χ3n) is 1.84. The van der Waals surface area contributed by atoms with Crippen molar-refractivity contribution >= 4 is 33.2 Å². The van der Waals surface area contributed by atoms with Gasteiger partial charge < -0.3 is 9.73 Å². The second kappa shape index (κ2) is 4.68. The molecule has 0 aliphatic heterocycles. The van der Waals surface area contributed by atoms with E-state index in [1.54, 1.807) is 12.3 Å². The minimum Gasteiger partial charge on any atom is -0.448 e. The highest BCUT2D eigenvalue weighted by molar-refractivity contribution is 9.10. The molecule has 3 nitrogen and oxygen atoms in total. The van der Waals surface area contributed by atoms with Gasteiger partial charge in [0.1, 0.15) is 10.4 Å². The monoisotopic (exact) mass is 286 g/mol. The van der Waals surface area contributed by atoms with Crippen LogP contribution in [-0.2, 0) is 6.54 Å². The van der Waals surface area contributed by atoms with Crippen molar-refractivity contribution in [3.8, 4) is 0 Å². The zero-order chi connectivity index (χ0) is 10.7. The predicted octanol–water partition coefficient (Wildman–Crippen LogP) is 3.70. The molecule has 0 aromatic carbocycles. The van der Waals surface area contributed by atoms with Gasteiger partial charge in [-0.05, 0) is 51.8 Å². The largest absolute Gasteiger partial charge is 0.448 e. The van der Waals surface area contributed by atoms with E-state index >= 15 is 0 Å². The van der Waals surface area contributed by atoms with Crippen LogP contribution in [0.15, 0.2) is 39.5 Å². The summed E-state index contributed by atoms with van der Waals surface area (Å²) in [6.45, 7) is 0.580. The van der Waals surface area contributed by atoms with Crippen molar-refractivity contribution in [2.75, 3.05) is 5.32 Å². The number of hydrogen-bond acceptors (Lipinski definition) is 3. The minimum absolute atomic E-state index is 0.400. The molecule has 0 amide bonds. The van der Waals surface area contributed by atoms with Gasteiger partial charge >= 0.3 is 0 Å². The van der Waals surface area contributed by atoms with E-state index in [1.165, 1.54) is 0 Å². The molecule has 1 N–H and O–H groups in total. The average Bonchev–Trinajstić information content (AvgIpc) is 2.63. The highest BCUT2D eigenvalue weighted by Gasteiger charge is 2.02. The molecule has 0 spiro atoms. The van der Waals surface area contributed by atoms with Crippen molar-refractivity contribution < 1.29 is 4.42 Å². The molecule has 2 rings (SSSR count). The van der Waals surface area contributed by atoms with Crippen LogP contribution in [0.1, 0.15) is 5.76 Å². The van der Waals surface area contributed by atoms with Crippen LogP contribution in [0.3, 0.4) is 0 Å². The van der Waals surface area contributed by atoms with Crippen LogP contribution in [0.5, 0.6) is 0 Å². The van der Waals surface area contributed by atoms with Gasteiger partial charge in [-0.3, -0.25) is 0 Å². The van der Waals surface area contributed by atoms with Gasteiger partial charge in [0.05, 0.1) is 12.2 Å². The number of aromatic nitrogens is 1. The van der Waals surface area contributed by atoms with Crippen molar-refractivity contribution in [2.24, 2.45) is 0 Å². The summed E-state index contributed by atoms with van der Waals surface area (Å²) in [7, 11) is 0. The molecule has 0 saturated heterocycles. The van der Waals surface area contributed by atoms with Crippen molar-refractivity contribution in [1.82, 2.24) is 4.98 Å². The number of furan rings is 1. The van der Waals surface area contributed by atoms with Gasteiger partial charge in [-0.25, -0.2) is 4.98 Å². The van der Waals surface area contributed by atoms with Crippen LogP contribution in [0.4, 0.5) is 5.69 Å². The van der Waals surface area contributed by atoms with E-state index in [0.29, 0.717) is 11.8 Å². The van der Waals surface area contributed by atoms with Crippen LogP contribution in [0, 0.1) is 0 Å². The SMILES string of the molecule is Clc1ccc(CNc2cccnc2Br)o1. The smallest absolute Gasteiger partial charge is 0.193 e. The van der Waals surface area contributed by atoms with Gasteiger partial charge in [0.2, 0.25) is 0 Å². The summed E-state index contributed by atoms with van der Waals surface area (Å²) in [4.78, 5) is 4.09. The Bertz CT molecular complexity index is 458. The van der Waals surface area contributed by atoms with Crippen LogP contribution in [-0.4, -0.2) is 4.98 Å². The van der Waals surface area contributed by atoms with Gasteiger partial charge in [-0.15, -0.1) is 0 Å². The Labute approximate surface area is 101 Å². The molecule has 0 aliphatic carbocycles. The Morgan fingerprint density at radius 2 is 2.27 bits per heavy atom. The number of halogens is 2. The predicted molar refractivity (Wildman–Crippen MR) is 63.0 cm³/mol. The first-order valence-corrected chi connectivity index (χ1v) is 5.51. The molecule has 0 aliphatic rings. The third-order valence-corrected chi connectivity index (χ3v) is 2.68. The Morgan fingerprint density at radius 1 is 1.40 bits per heavy atom. The van der Waals surface area contributed by atoms with Crippen LogP contribution >= 0.6 is 27.5 Å². The number of hydrogen-bond donors (Lipinski definition) is 1. The second-order valence-corrected chi connectivity index (χ2v) is 4.02. The number of rotatable bonds is 3. The molecule has 2 aromatic heterocycles. The highest BCUT2D eigenvalue weighted by Crippen LogP contribution is 2.20. The molecule has 0 bridgehead atoms. The van der Waals surface area contributed by atoms with Crippen LogP contribution in [0.2, 0.25) is 5.22 Å². The minimum atomic E-state index is 0.400. The molecule has 2 heterocycles. The highest BCUT2D eigenvalue weighted by atomic mass is 79.9. The number of anilines is 1. The average molecular weight is 288 g/mol. The fraction of sp³-hybridized carbons (Fsp3) is 0.100. The topological polar surface area (TPSA) is 38.1 Å². The molecule has 0 saturated carbocycles. The summed E-state index contributed by atoms with van der Waals surface area (Å²) >= 11 is 9.00. The normalized spacial score (nSPS) is 10.3. The first-order chi connectivity index (χ1) is 7.25. The molecule has 0 fully saturated rings.